The first-order valence-corrected chi connectivity index (χ1v) is 9.38. The summed E-state index contributed by atoms with van der Waals surface area (Å²) in [7, 11) is -3.57. The molecule has 0 unspecified atom stereocenters. The van der Waals surface area contributed by atoms with Crippen molar-refractivity contribution in [2.75, 3.05) is 0 Å². The van der Waals surface area contributed by atoms with Crippen molar-refractivity contribution in [3.63, 3.8) is 0 Å². The minimum atomic E-state index is -3.57. The molecule has 0 bridgehead atoms. The van der Waals surface area contributed by atoms with Crippen molar-refractivity contribution in [1.29, 1.82) is 0 Å². The van der Waals surface area contributed by atoms with Gasteiger partial charge >= 0.3 is 0 Å². The molecule has 23 heavy (non-hydrogen) atoms. The monoisotopic (exact) mass is 330 g/mol. The van der Waals surface area contributed by atoms with Crippen LogP contribution in [0.5, 0.6) is 0 Å². The lowest BCUT2D eigenvalue weighted by Crippen LogP contribution is -2.20. The highest BCUT2D eigenvalue weighted by atomic mass is 32.2. The molecule has 0 aliphatic heterocycles. The van der Waals surface area contributed by atoms with Crippen molar-refractivity contribution in [1.82, 2.24) is 0 Å². The zero-order valence-corrected chi connectivity index (χ0v) is 15.7. The van der Waals surface area contributed by atoms with Crippen molar-refractivity contribution < 1.29 is 8.42 Å². The van der Waals surface area contributed by atoms with Gasteiger partial charge in [0.15, 0.2) is 0 Å². The van der Waals surface area contributed by atoms with Crippen LogP contribution >= 0.6 is 0 Å². The minimum absolute atomic E-state index is 0.236. The molecule has 2 rings (SSSR count). The Balaban J connectivity index is 2.77. The Bertz CT molecular complexity index is 741. The second-order valence-electron chi connectivity index (χ2n) is 8.00. The van der Waals surface area contributed by atoms with E-state index >= 15 is 0 Å². The number of rotatable bonds is 2. The van der Waals surface area contributed by atoms with E-state index in [-0.39, 0.29) is 10.8 Å². The molecule has 124 valence electrons. The summed E-state index contributed by atoms with van der Waals surface area (Å²) in [6, 6.07) is 14.6. The van der Waals surface area contributed by atoms with E-state index < -0.39 is 9.84 Å². The van der Waals surface area contributed by atoms with E-state index in [1.54, 1.807) is 24.3 Å². The Kier molecular flexibility index (Phi) is 4.46. The fourth-order valence-corrected chi connectivity index (χ4v) is 4.84. The molecule has 0 saturated carbocycles. The number of benzene rings is 2. The zero-order valence-electron chi connectivity index (χ0n) is 14.8. The van der Waals surface area contributed by atoms with E-state index in [0.717, 1.165) is 11.1 Å². The van der Waals surface area contributed by atoms with E-state index in [1.165, 1.54) is 0 Å². The third-order valence-corrected chi connectivity index (χ3v) is 5.84. The van der Waals surface area contributed by atoms with Crippen molar-refractivity contribution in [3.05, 3.63) is 59.7 Å². The van der Waals surface area contributed by atoms with Crippen LogP contribution in [-0.2, 0) is 20.7 Å². The van der Waals surface area contributed by atoms with Crippen LogP contribution in [0, 0.1) is 0 Å². The Morgan fingerprint density at radius 2 is 0.913 bits per heavy atom. The van der Waals surface area contributed by atoms with Gasteiger partial charge in [-0.15, -0.1) is 0 Å². The van der Waals surface area contributed by atoms with E-state index in [9.17, 15) is 8.42 Å². The van der Waals surface area contributed by atoms with Gasteiger partial charge in [0.05, 0.1) is 9.79 Å². The SMILES string of the molecule is CC(C)(C)c1ccccc1S(=O)(=O)c1ccccc1C(C)(C)C. The van der Waals surface area contributed by atoms with Crippen molar-refractivity contribution in [2.45, 2.75) is 62.2 Å². The Hall–Kier alpha value is -1.61. The molecule has 0 fully saturated rings. The molecule has 0 heterocycles. The van der Waals surface area contributed by atoms with E-state index in [2.05, 4.69) is 0 Å². The predicted octanol–water partition coefficient (Wildman–Crippen LogP) is 5.11. The van der Waals surface area contributed by atoms with Crippen LogP contribution in [-0.4, -0.2) is 8.42 Å². The third-order valence-electron chi connectivity index (χ3n) is 3.97. The highest BCUT2D eigenvalue weighted by molar-refractivity contribution is 7.91. The van der Waals surface area contributed by atoms with Crippen molar-refractivity contribution in [3.8, 4) is 0 Å². The Morgan fingerprint density at radius 3 is 1.22 bits per heavy atom. The molecular weight excluding hydrogens is 304 g/mol. The van der Waals surface area contributed by atoms with Crippen LogP contribution < -0.4 is 0 Å². The predicted molar refractivity (Wildman–Crippen MR) is 95.7 cm³/mol. The lowest BCUT2D eigenvalue weighted by molar-refractivity contribution is 0.551. The molecule has 0 radical (unpaired) electrons. The average molecular weight is 330 g/mol. The van der Waals surface area contributed by atoms with Crippen LogP contribution in [0.4, 0.5) is 0 Å². The number of hydrogen-bond donors (Lipinski definition) is 0. The van der Waals surface area contributed by atoms with Crippen LogP contribution in [0.2, 0.25) is 0 Å². The number of hydrogen-bond acceptors (Lipinski definition) is 2. The van der Waals surface area contributed by atoms with E-state index in [1.807, 2.05) is 65.8 Å². The van der Waals surface area contributed by atoms with Crippen LogP contribution in [0.3, 0.4) is 0 Å². The summed E-state index contributed by atoms with van der Waals surface area (Å²) in [5.41, 5.74) is 1.23. The fourth-order valence-electron chi connectivity index (χ4n) is 2.76. The molecule has 2 nitrogen and oxygen atoms in total. The van der Waals surface area contributed by atoms with Crippen LogP contribution in [0.15, 0.2) is 58.3 Å². The third kappa shape index (κ3) is 3.50. The second kappa shape index (κ2) is 5.79. The molecule has 0 saturated heterocycles. The maximum atomic E-state index is 13.4. The maximum Gasteiger partial charge on any atom is 0.207 e. The van der Waals surface area contributed by atoms with Gasteiger partial charge in [0.2, 0.25) is 9.84 Å². The molecular formula is C20H26O2S. The standard InChI is InChI=1S/C20H26O2S/c1-19(2,3)15-11-7-9-13-17(15)23(21,22)18-14-10-8-12-16(18)20(4,5)6/h7-14H,1-6H3. The summed E-state index contributed by atoms with van der Waals surface area (Å²) in [6.45, 7) is 12.2. The van der Waals surface area contributed by atoms with Gasteiger partial charge in [-0.05, 0) is 34.1 Å². The molecule has 0 N–H and O–H groups in total. The summed E-state index contributed by atoms with van der Waals surface area (Å²) >= 11 is 0. The van der Waals surface area contributed by atoms with Crippen LogP contribution in [0.25, 0.3) is 0 Å². The quantitative estimate of drug-likeness (QED) is 0.766. The van der Waals surface area contributed by atoms with Gasteiger partial charge in [-0.1, -0.05) is 77.9 Å². The molecule has 0 aliphatic carbocycles. The molecule has 2 aromatic rings. The Labute approximate surface area is 140 Å². The second-order valence-corrected chi connectivity index (χ2v) is 9.88. The van der Waals surface area contributed by atoms with E-state index in [4.69, 9.17) is 0 Å². The van der Waals surface area contributed by atoms with E-state index in [0.29, 0.717) is 9.79 Å². The first-order chi connectivity index (χ1) is 10.5. The van der Waals surface area contributed by atoms with Gasteiger partial charge in [-0.3, -0.25) is 0 Å². The smallest absolute Gasteiger partial charge is 0.207 e. The lowest BCUT2D eigenvalue weighted by atomic mass is 9.87. The van der Waals surface area contributed by atoms with Gasteiger partial charge in [0.25, 0.3) is 0 Å². The average Bonchev–Trinajstić information content (AvgIpc) is 2.45. The highest BCUT2D eigenvalue weighted by Gasteiger charge is 2.30. The maximum absolute atomic E-state index is 13.4. The molecule has 0 atom stereocenters. The molecule has 0 aliphatic rings. The van der Waals surface area contributed by atoms with Crippen molar-refractivity contribution >= 4 is 9.84 Å². The van der Waals surface area contributed by atoms with Crippen molar-refractivity contribution in [2.24, 2.45) is 0 Å². The zero-order chi connectivity index (χ0) is 17.5. The molecule has 0 amide bonds. The summed E-state index contributed by atoms with van der Waals surface area (Å²) in [6.07, 6.45) is 0. The molecule has 2 aromatic carbocycles. The summed E-state index contributed by atoms with van der Waals surface area (Å²) in [4.78, 5) is 0.813. The van der Waals surface area contributed by atoms with Gasteiger partial charge in [-0.2, -0.15) is 0 Å². The molecule has 0 aromatic heterocycles. The van der Waals surface area contributed by atoms with Gasteiger partial charge in [0.1, 0.15) is 0 Å². The molecule has 0 spiro atoms. The lowest BCUT2D eigenvalue weighted by Gasteiger charge is -2.26. The molecule has 3 heteroatoms. The first kappa shape index (κ1) is 17.7. The number of sulfone groups is 1. The largest absolute Gasteiger partial charge is 0.218 e. The Morgan fingerprint density at radius 1 is 0.609 bits per heavy atom. The summed E-state index contributed by atoms with van der Waals surface area (Å²) in [5.74, 6) is 0. The summed E-state index contributed by atoms with van der Waals surface area (Å²) < 4.78 is 26.7. The highest BCUT2D eigenvalue weighted by Crippen LogP contribution is 2.36. The summed E-state index contributed by atoms with van der Waals surface area (Å²) in [5, 5.41) is 0. The minimum Gasteiger partial charge on any atom is -0.218 e. The topological polar surface area (TPSA) is 34.1 Å². The van der Waals surface area contributed by atoms with Gasteiger partial charge in [-0.25, -0.2) is 8.42 Å². The van der Waals surface area contributed by atoms with Gasteiger partial charge in [0, 0.05) is 0 Å². The first-order valence-electron chi connectivity index (χ1n) is 7.90. The van der Waals surface area contributed by atoms with Crippen LogP contribution in [0.1, 0.15) is 52.7 Å². The van der Waals surface area contributed by atoms with Gasteiger partial charge < -0.3 is 0 Å². The normalized spacial score (nSPS) is 13.1. The fraction of sp³-hybridized carbons (Fsp3) is 0.400.